The second-order valence-corrected chi connectivity index (χ2v) is 6.48. The average molecular weight is 417 g/mol. The highest BCUT2D eigenvalue weighted by Gasteiger charge is 2.07. The Labute approximate surface area is 130 Å². The quantitative estimate of drug-likeness (QED) is 0.740. The van der Waals surface area contributed by atoms with Crippen LogP contribution in [-0.4, -0.2) is 11.2 Å². The molecule has 3 heteroatoms. The third-order valence-electron chi connectivity index (χ3n) is 2.74. The van der Waals surface area contributed by atoms with Gasteiger partial charge >= 0.3 is 0 Å². The molecule has 0 saturated carbocycles. The van der Waals surface area contributed by atoms with Gasteiger partial charge in [-0.15, -0.1) is 0 Å². The van der Waals surface area contributed by atoms with Crippen molar-refractivity contribution in [2.75, 3.05) is 0 Å². The first-order valence-corrected chi connectivity index (χ1v) is 7.67. The van der Waals surface area contributed by atoms with Crippen molar-refractivity contribution in [2.24, 2.45) is 0 Å². The lowest BCUT2D eigenvalue weighted by atomic mass is 10.0. The maximum atomic E-state index is 10.1. The zero-order chi connectivity index (χ0) is 13.0. The van der Waals surface area contributed by atoms with Gasteiger partial charge in [0.05, 0.1) is 6.10 Å². The summed E-state index contributed by atoms with van der Waals surface area (Å²) in [6, 6.07) is 16.4. The van der Waals surface area contributed by atoms with Crippen molar-refractivity contribution < 1.29 is 5.11 Å². The van der Waals surface area contributed by atoms with Crippen molar-refractivity contribution in [1.29, 1.82) is 0 Å². The fraction of sp³-hybridized carbons (Fsp3) is 0.200. The molecule has 0 fully saturated rings. The Hall–Kier alpha value is -0.390. The number of benzene rings is 2. The van der Waals surface area contributed by atoms with Crippen LogP contribution >= 0.6 is 38.5 Å². The van der Waals surface area contributed by atoms with Gasteiger partial charge in [-0.25, -0.2) is 0 Å². The van der Waals surface area contributed by atoms with Gasteiger partial charge in [0, 0.05) is 8.04 Å². The smallest absolute Gasteiger partial charge is 0.0620 e. The Morgan fingerprint density at radius 1 is 1.00 bits per heavy atom. The van der Waals surface area contributed by atoms with Crippen molar-refractivity contribution in [3.8, 4) is 0 Å². The molecule has 0 aliphatic carbocycles. The fourth-order valence-electron chi connectivity index (χ4n) is 1.90. The molecule has 0 aliphatic rings. The topological polar surface area (TPSA) is 20.2 Å². The minimum Gasteiger partial charge on any atom is -0.392 e. The van der Waals surface area contributed by atoms with E-state index in [0.717, 1.165) is 10.0 Å². The van der Waals surface area contributed by atoms with Gasteiger partial charge < -0.3 is 5.11 Å². The van der Waals surface area contributed by atoms with Crippen LogP contribution in [0.15, 0.2) is 53.0 Å². The molecule has 1 nitrogen and oxygen atoms in total. The second-order valence-electron chi connectivity index (χ2n) is 4.32. The normalized spacial score (nSPS) is 12.4. The van der Waals surface area contributed by atoms with Crippen LogP contribution < -0.4 is 0 Å². The molecular weight excluding hydrogens is 403 g/mol. The molecule has 1 atom stereocenters. The Morgan fingerprint density at radius 2 is 1.67 bits per heavy atom. The van der Waals surface area contributed by atoms with E-state index < -0.39 is 0 Å². The zero-order valence-electron chi connectivity index (χ0n) is 9.81. The number of hydrogen-bond donors (Lipinski definition) is 1. The molecule has 2 aromatic carbocycles. The standard InChI is InChI=1S/C15H14BrIO/c16-13-3-1-2-12(8-13)10-15(18)9-11-4-6-14(17)7-5-11/h1-8,15,18H,9-10H2. The number of halogens is 2. The third kappa shape index (κ3) is 4.37. The number of hydrogen-bond acceptors (Lipinski definition) is 1. The van der Waals surface area contributed by atoms with Gasteiger partial charge in [0.25, 0.3) is 0 Å². The summed E-state index contributed by atoms with van der Waals surface area (Å²) in [4.78, 5) is 0. The van der Waals surface area contributed by atoms with E-state index in [4.69, 9.17) is 0 Å². The van der Waals surface area contributed by atoms with Crippen LogP contribution in [0.4, 0.5) is 0 Å². The molecule has 0 heterocycles. The van der Waals surface area contributed by atoms with Crippen molar-refractivity contribution in [3.63, 3.8) is 0 Å². The lowest BCUT2D eigenvalue weighted by Gasteiger charge is -2.11. The summed E-state index contributed by atoms with van der Waals surface area (Å²) >= 11 is 5.73. The molecule has 0 saturated heterocycles. The molecule has 0 amide bonds. The average Bonchev–Trinajstić information content (AvgIpc) is 2.32. The fourth-order valence-corrected chi connectivity index (χ4v) is 2.71. The van der Waals surface area contributed by atoms with E-state index in [1.165, 1.54) is 9.13 Å². The van der Waals surface area contributed by atoms with Crippen LogP contribution in [0.25, 0.3) is 0 Å². The summed E-state index contributed by atoms with van der Waals surface area (Å²) in [5.41, 5.74) is 2.33. The number of aliphatic hydroxyl groups is 1. The lowest BCUT2D eigenvalue weighted by molar-refractivity contribution is 0.175. The predicted molar refractivity (Wildman–Crippen MR) is 86.7 cm³/mol. The van der Waals surface area contributed by atoms with Crippen LogP contribution in [0.2, 0.25) is 0 Å². The van der Waals surface area contributed by atoms with E-state index in [1.54, 1.807) is 0 Å². The van der Waals surface area contributed by atoms with Crippen LogP contribution in [0.5, 0.6) is 0 Å². The van der Waals surface area contributed by atoms with Crippen molar-refractivity contribution >= 4 is 38.5 Å². The minimum atomic E-state index is -0.334. The van der Waals surface area contributed by atoms with Gasteiger partial charge in [-0.2, -0.15) is 0 Å². The second kappa shape index (κ2) is 6.68. The monoisotopic (exact) mass is 416 g/mol. The maximum Gasteiger partial charge on any atom is 0.0620 e. The Kier molecular flexibility index (Phi) is 5.21. The largest absolute Gasteiger partial charge is 0.392 e. The molecule has 1 unspecified atom stereocenters. The van der Waals surface area contributed by atoms with Crippen molar-refractivity contribution in [2.45, 2.75) is 18.9 Å². The Balaban J connectivity index is 1.96. The molecule has 0 spiro atoms. The van der Waals surface area contributed by atoms with Crippen LogP contribution in [0.3, 0.4) is 0 Å². The summed E-state index contributed by atoms with van der Waals surface area (Å²) < 4.78 is 2.28. The number of rotatable bonds is 4. The SMILES string of the molecule is OC(Cc1ccc(I)cc1)Cc1cccc(Br)c1. The van der Waals surface area contributed by atoms with Crippen LogP contribution in [0, 0.1) is 3.57 Å². The summed E-state index contributed by atoms with van der Waals surface area (Å²) in [6.45, 7) is 0. The van der Waals surface area contributed by atoms with E-state index in [2.05, 4.69) is 68.9 Å². The van der Waals surface area contributed by atoms with Gasteiger partial charge in [0.15, 0.2) is 0 Å². The van der Waals surface area contributed by atoms with Gasteiger partial charge in [-0.1, -0.05) is 40.2 Å². The van der Waals surface area contributed by atoms with Gasteiger partial charge in [0.2, 0.25) is 0 Å². The van der Waals surface area contributed by atoms with E-state index in [0.29, 0.717) is 12.8 Å². The molecule has 0 aromatic heterocycles. The summed E-state index contributed by atoms with van der Waals surface area (Å²) in [5.74, 6) is 0. The molecule has 0 bridgehead atoms. The summed E-state index contributed by atoms with van der Waals surface area (Å²) in [5, 5.41) is 10.1. The zero-order valence-corrected chi connectivity index (χ0v) is 13.6. The van der Waals surface area contributed by atoms with E-state index >= 15 is 0 Å². The van der Waals surface area contributed by atoms with Crippen molar-refractivity contribution in [3.05, 3.63) is 67.7 Å². The molecule has 1 N–H and O–H groups in total. The van der Waals surface area contributed by atoms with E-state index in [9.17, 15) is 5.11 Å². The van der Waals surface area contributed by atoms with Crippen LogP contribution in [-0.2, 0) is 12.8 Å². The highest BCUT2D eigenvalue weighted by atomic mass is 127. The molecule has 0 aliphatic heterocycles. The molecule has 18 heavy (non-hydrogen) atoms. The molecule has 0 radical (unpaired) electrons. The molecule has 2 rings (SSSR count). The highest BCUT2D eigenvalue weighted by Crippen LogP contribution is 2.15. The highest BCUT2D eigenvalue weighted by molar-refractivity contribution is 14.1. The maximum absolute atomic E-state index is 10.1. The van der Waals surface area contributed by atoms with Gasteiger partial charge in [-0.05, 0) is 70.8 Å². The van der Waals surface area contributed by atoms with Crippen LogP contribution in [0.1, 0.15) is 11.1 Å². The Bertz CT molecular complexity index is 510. The summed E-state index contributed by atoms with van der Waals surface area (Å²) in [6.07, 6.45) is 1.05. The van der Waals surface area contributed by atoms with Gasteiger partial charge in [-0.3, -0.25) is 0 Å². The molecule has 94 valence electrons. The first kappa shape index (κ1) is 14.0. The molecular formula is C15H14BrIO. The lowest BCUT2D eigenvalue weighted by Crippen LogP contribution is -2.13. The van der Waals surface area contributed by atoms with E-state index in [-0.39, 0.29) is 6.10 Å². The molecule has 2 aromatic rings. The minimum absolute atomic E-state index is 0.334. The predicted octanol–water partition coefficient (Wildman–Crippen LogP) is 4.20. The number of aliphatic hydroxyl groups excluding tert-OH is 1. The van der Waals surface area contributed by atoms with Crippen molar-refractivity contribution in [1.82, 2.24) is 0 Å². The first-order valence-electron chi connectivity index (χ1n) is 5.80. The Morgan fingerprint density at radius 3 is 2.33 bits per heavy atom. The first-order chi connectivity index (χ1) is 8.63. The third-order valence-corrected chi connectivity index (χ3v) is 3.96. The van der Waals surface area contributed by atoms with Gasteiger partial charge in [0.1, 0.15) is 0 Å². The summed E-state index contributed by atoms with van der Waals surface area (Å²) in [7, 11) is 0. The van der Waals surface area contributed by atoms with E-state index in [1.807, 2.05) is 18.2 Å².